The first-order chi connectivity index (χ1) is 9.77. The Hall–Kier alpha value is -1.31. The molecular weight excluding hydrogens is 316 g/mol. The molecule has 1 saturated heterocycles. The van der Waals surface area contributed by atoms with Crippen LogP contribution in [-0.4, -0.2) is 55.5 Å². The van der Waals surface area contributed by atoms with E-state index in [1.807, 2.05) is 0 Å². The van der Waals surface area contributed by atoms with E-state index in [0.29, 0.717) is 11.4 Å². The number of likely N-dealkylation sites (N-methyl/N-ethyl adjacent to an activating group) is 1. The molecule has 6 nitrogen and oxygen atoms in total. The molecule has 0 unspecified atom stereocenters. The highest BCUT2D eigenvalue weighted by Gasteiger charge is 2.31. The zero-order valence-corrected chi connectivity index (χ0v) is 13.1. The molecule has 1 heterocycles. The fourth-order valence-corrected chi connectivity index (χ4v) is 4.25. The SMILES string of the molecule is CN(CC(=O)Nc1cc(Cl)ccc1O)[C@@H]1CCS(=O)(=O)C1. The fourth-order valence-electron chi connectivity index (χ4n) is 2.28. The summed E-state index contributed by atoms with van der Waals surface area (Å²) in [6.07, 6.45) is 0.536. The van der Waals surface area contributed by atoms with Crippen LogP contribution in [-0.2, 0) is 14.6 Å². The number of phenols is 1. The summed E-state index contributed by atoms with van der Waals surface area (Å²) in [6.45, 7) is 0.0478. The number of hydrogen-bond donors (Lipinski definition) is 2. The number of amides is 1. The summed E-state index contributed by atoms with van der Waals surface area (Å²) in [5.41, 5.74) is 0.236. The van der Waals surface area contributed by atoms with E-state index in [1.165, 1.54) is 18.2 Å². The van der Waals surface area contributed by atoms with Crippen molar-refractivity contribution in [3.8, 4) is 5.75 Å². The lowest BCUT2D eigenvalue weighted by Crippen LogP contribution is -2.38. The number of anilines is 1. The standard InChI is InChI=1S/C13H17ClN2O4S/c1-16(10-4-5-21(19,20)8-10)7-13(18)15-11-6-9(14)2-3-12(11)17/h2-3,6,10,17H,4-5,7-8H2,1H3,(H,15,18)/t10-/m1/s1. The number of carbonyl (C=O) groups excluding carboxylic acids is 1. The average Bonchev–Trinajstić information content (AvgIpc) is 2.74. The molecule has 0 aliphatic carbocycles. The molecule has 0 saturated carbocycles. The minimum Gasteiger partial charge on any atom is -0.506 e. The van der Waals surface area contributed by atoms with Crippen molar-refractivity contribution in [3.63, 3.8) is 0 Å². The molecule has 2 N–H and O–H groups in total. The van der Waals surface area contributed by atoms with Crippen molar-refractivity contribution in [2.24, 2.45) is 0 Å². The van der Waals surface area contributed by atoms with Crippen molar-refractivity contribution in [1.82, 2.24) is 4.90 Å². The fraction of sp³-hybridized carbons (Fsp3) is 0.462. The van der Waals surface area contributed by atoms with E-state index >= 15 is 0 Å². The van der Waals surface area contributed by atoms with Gasteiger partial charge in [-0.05, 0) is 31.7 Å². The van der Waals surface area contributed by atoms with E-state index in [-0.39, 0.29) is 41.4 Å². The van der Waals surface area contributed by atoms with Crippen LogP contribution in [0, 0.1) is 0 Å². The summed E-state index contributed by atoms with van der Waals surface area (Å²) in [5, 5.41) is 12.6. The van der Waals surface area contributed by atoms with Gasteiger partial charge in [-0.1, -0.05) is 11.6 Å². The number of sulfone groups is 1. The summed E-state index contributed by atoms with van der Waals surface area (Å²) < 4.78 is 22.9. The van der Waals surface area contributed by atoms with Crippen LogP contribution in [0.15, 0.2) is 18.2 Å². The molecule has 0 aromatic heterocycles. The zero-order valence-electron chi connectivity index (χ0n) is 11.5. The van der Waals surface area contributed by atoms with Gasteiger partial charge in [-0.15, -0.1) is 0 Å². The van der Waals surface area contributed by atoms with Crippen molar-refractivity contribution >= 4 is 33.0 Å². The maximum absolute atomic E-state index is 11.9. The molecule has 2 rings (SSSR count). The van der Waals surface area contributed by atoms with E-state index in [2.05, 4.69) is 5.32 Å². The molecule has 21 heavy (non-hydrogen) atoms. The Morgan fingerprint density at radius 1 is 1.52 bits per heavy atom. The summed E-state index contributed by atoms with van der Waals surface area (Å²) >= 11 is 5.80. The third-order valence-electron chi connectivity index (χ3n) is 3.46. The topological polar surface area (TPSA) is 86.7 Å². The first-order valence-corrected chi connectivity index (χ1v) is 8.66. The Labute approximate surface area is 128 Å². The number of benzene rings is 1. The predicted octanol–water partition coefficient (Wildman–Crippen LogP) is 1.10. The molecule has 1 aliphatic heterocycles. The number of hydrogen-bond acceptors (Lipinski definition) is 5. The highest BCUT2D eigenvalue weighted by molar-refractivity contribution is 7.91. The maximum atomic E-state index is 11.9. The number of nitrogens with one attached hydrogen (secondary N) is 1. The second kappa shape index (κ2) is 6.21. The number of halogens is 1. The van der Waals surface area contributed by atoms with Gasteiger partial charge in [0.2, 0.25) is 5.91 Å². The van der Waals surface area contributed by atoms with Crippen LogP contribution in [0.25, 0.3) is 0 Å². The molecule has 116 valence electrons. The zero-order chi connectivity index (χ0) is 15.6. The third-order valence-corrected chi connectivity index (χ3v) is 5.44. The molecule has 0 radical (unpaired) electrons. The van der Waals surface area contributed by atoms with Crippen molar-refractivity contribution in [1.29, 1.82) is 0 Å². The van der Waals surface area contributed by atoms with Crippen LogP contribution in [0.2, 0.25) is 5.02 Å². The van der Waals surface area contributed by atoms with Gasteiger partial charge < -0.3 is 10.4 Å². The Bertz CT molecular complexity index is 648. The largest absolute Gasteiger partial charge is 0.506 e. The summed E-state index contributed by atoms with van der Waals surface area (Å²) in [4.78, 5) is 13.7. The van der Waals surface area contributed by atoms with Gasteiger partial charge in [0, 0.05) is 11.1 Å². The summed E-state index contributed by atoms with van der Waals surface area (Å²) in [5.74, 6) is -0.157. The predicted molar refractivity (Wildman–Crippen MR) is 81.4 cm³/mol. The van der Waals surface area contributed by atoms with E-state index in [0.717, 1.165) is 0 Å². The molecule has 1 atom stereocenters. The number of aromatic hydroxyl groups is 1. The van der Waals surface area contributed by atoms with Crippen LogP contribution >= 0.6 is 11.6 Å². The van der Waals surface area contributed by atoms with Gasteiger partial charge in [0.1, 0.15) is 5.75 Å². The molecular formula is C13H17ClN2O4S. The molecule has 1 aromatic rings. The van der Waals surface area contributed by atoms with Crippen LogP contribution in [0.5, 0.6) is 5.75 Å². The highest BCUT2D eigenvalue weighted by Crippen LogP contribution is 2.26. The average molecular weight is 333 g/mol. The Morgan fingerprint density at radius 2 is 2.24 bits per heavy atom. The number of phenolic OH excluding ortho intramolecular Hbond substituents is 1. The van der Waals surface area contributed by atoms with E-state index in [9.17, 15) is 18.3 Å². The van der Waals surface area contributed by atoms with Crippen LogP contribution in [0.1, 0.15) is 6.42 Å². The molecule has 1 fully saturated rings. The highest BCUT2D eigenvalue weighted by atomic mass is 35.5. The van der Waals surface area contributed by atoms with Gasteiger partial charge in [0.15, 0.2) is 9.84 Å². The van der Waals surface area contributed by atoms with Crippen molar-refractivity contribution in [2.45, 2.75) is 12.5 Å². The smallest absolute Gasteiger partial charge is 0.238 e. The Kier molecular flexibility index (Phi) is 4.75. The van der Waals surface area contributed by atoms with Gasteiger partial charge in [0.25, 0.3) is 0 Å². The van der Waals surface area contributed by atoms with Gasteiger partial charge in [0.05, 0.1) is 23.7 Å². The monoisotopic (exact) mass is 332 g/mol. The molecule has 1 aliphatic rings. The van der Waals surface area contributed by atoms with Crippen molar-refractivity contribution < 1.29 is 18.3 Å². The summed E-state index contributed by atoms with van der Waals surface area (Å²) in [7, 11) is -1.27. The molecule has 0 spiro atoms. The molecule has 8 heteroatoms. The number of rotatable bonds is 4. The Balaban J connectivity index is 1.94. The van der Waals surface area contributed by atoms with Crippen LogP contribution in [0.3, 0.4) is 0 Å². The first-order valence-electron chi connectivity index (χ1n) is 6.46. The normalized spacial score (nSPS) is 20.6. The van der Waals surface area contributed by atoms with Crippen molar-refractivity contribution in [2.75, 3.05) is 30.4 Å². The van der Waals surface area contributed by atoms with Crippen molar-refractivity contribution in [3.05, 3.63) is 23.2 Å². The number of nitrogens with zero attached hydrogens (tertiary/aromatic N) is 1. The minimum absolute atomic E-state index is 0.0478. The van der Waals surface area contributed by atoms with Gasteiger partial charge >= 0.3 is 0 Å². The lowest BCUT2D eigenvalue weighted by Gasteiger charge is -2.22. The van der Waals surface area contributed by atoms with Gasteiger partial charge in [-0.2, -0.15) is 0 Å². The second-order valence-corrected chi connectivity index (χ2v) is 7.85. The van der Waals surface area contributed by atoms with Gasteiger partial charge in [-0.25, -0.2) is 8.42 Å². The van der Waals surface area contributed by atoms with E-state index in [1.54, 1.807) is 11.9 Å². The van der Waals surface area contributed by atoms with E-state index in [4.69, 9.17) is 11.6 Å². The number of carbonyl (C=O) groups is 1. The van der Waals surface area contributed by atoms with Crippen LogP contribution in [0.4, 0.5) is 5.69 Å². The molecule has 1 amide bonds. The lowest BCUT2D eigenvalue weighted by molar-refractivity contribution is -0.117. The van der Waals surface area contributed by atoms with E-state index < -0.39 is 9.84 Å². The molecule has 1 aromatic carbocycles. The third kappa shape index (κ3) is 4.33. The molecule has 0 bridgehead atoms. The minimum atomic E-state index is -2.98. The summed E-state index contributed by atoms with van der Waals surface area (Å²) in [6, 6.07) is 4.22. The first kappa shape index (κ1) is 16.1. The lowest BCUT2D eigenvalue weighted by atomic mass is 10.2. The Morgan fingerprint density at radius 3 is 2.86 bits per heavy atom. The van der Waals surface area contributed by atoms with Crippen LogP contribution < -0.4 is 5.32 Å². The van der Waals surface area contributed by atoms with Gasteiger partial charge in [-0.3, -0.25) is 9.69 Å². The maximum Gasteiger partial charge on any atom is 0.238 e. The second-order valence-electron chi connectivity index (χ2n) is 5.18. The quantitative estimate of drug-likeness (QED) is 0.806.